The van der Waals surface area contributed by atoms with Crippen molar-refractivity contribution < 1.29 is 17.6 Å². The van der Waals surface area contributed by atoms with E-state index in [4.69, 9.17) is 0 Å². The molecule has 0 bridgehead atoms. The van der Waals surface area contributed by atoms with Crippen molar-refractivity contribution in [2.24, 2.45) is 0 Å². The number of halogens is 4. The molecule has 0 aliphatic carbocycles. The first-order valence-electron chi connectivity index (χ1n) is 3.16. The van der Waals surface area contributed by atoms with Gasteiger partial charge in [0.2, 0.25) is 5.92 Å². The lowest BCUT2D eigenvalue weighted by Gasteiger charge is -2.14. The molecule has 0 atom stereocenters. The molecule has 0 unspecified atom stereocenters. The third kappa shape index (κ3) is 5.88. The Bertz CT molecular complexity index is 134. The molecule has 66 valence electrons. The zero-order chi connectivity index (χ0) is 9.12. The van der Waals surface area contributed by atoms with Gasteiger partial charge in [0, 0.05) is 12.8 Å². The van der Waals surface area contributed by atoms with Gasteiger partial charge in [-0.05, 0) is 13.0 Å². The molecule has 0 nitrogen and oxygen atoms in total. The Kier molecular flexibility index (Phi) is 3.08. The molecule has 0 aromatic rings. The summed E-state index contributed by atoms with van der Waals surface area (Å²) in [6.07, 6.45) is -1.27. The minimum atomic E-state index is -3.17. The van der Waals surface area contributed by atoms with E-state index in [-0.39, 0.29) is 0 Å². The van der Waals surface area contributed by atoms with Crippen molar-refractivity contribution >= 4 is 0 Å². The fourth-order valence-electron chi connectivity index (χ4n) is 0.488. The van der Waals surface area contributed by atoms with E-state index < -0.39 is 24.7 Å². The summed E-state index contributed by atoms with van der Waals surface area (Å²) >= 11 is 0. The van der Waals surface area contributed by atoms with Crippen LogP contribution in [-0.4, -0.2) is 11.8 Å². The second-order valence-electron chi connectivity index (χ2n) is 2.54. The van der Waals surface area contributed by atoms with Gasteiger partial charge in [-0.25, -0.2) is 17.6 Å². The molecular weight excluding hydrogens is 160 g/mol. The number of hydrogen-bond acceptors (Lipinski definition) is 0. The minimum Gasteiger partial charge on any atom is -0.207 e. The van der Waals surface area contributed by atoms with Crippen molar-refractivity contribution in [2.75, 3.05) is 0 Å². The van der Waals surface area contributed by atoms with Crippen LogP contribution in [-0.2, 0) is 0 Å². The third-order valence-electron chi connectivity index (χ3n) is 1.20. The van der Waals surface area contributed by atoms with E-state index in [1.807, 2.05) is 0 Å². The van der Waals surface area contributed by atoms with E-state index in [0.29, 0.717) is 13.0 Å². The molecular formula is C7H10F4. The molecule has 4 heteroatoms. The van der Waals surface area contributed by atoms with Gasteiger partial charge in [0.25, 0.3) is 5.92 Å². The summed E-state index contributed by atoms with van der Waals surface area (Å²) < 4.78 is 48.5. The van der Waals surface area contributed by atoms with Crippen molar-refractivity contribution in [1.82, 2.24) is 0 Å². The summed E-state index contributed by atoms with van der Waals surface area (Å²) in [5, 5.41) is 0. The molecule has 0 radical (unpaired) electrons. The SMILES string of the molecule is C=CC(F)(F)CCC(C)(F)F. The molecule has 0 aliphatic heterocycles. The highest BCUT2D eigenvalue weighted by atomic mass is 19.3. The van der Waals surface area contributed by atoms with Gasteiger partial charge < -0.3 is 0 Å². The van der Waals surface area contributed by atoms with Crippen LogP contribution in [0.15, 0.2) is 12.7 Å². The van der Waals surface area contributed by atoms with Crippen LogP contribution in [0, 0.1) is 0 Å². The van der Waals surface area contributed by atoms with E-state index in [0.717, 1.165) is 0 Å². The van der Waals surface area contributed by atoms with Crippen LogP contribution in [0.3, 0.4) is 0 Å². The zero-order valence-corrected chi connectivity index (χ0v) is 6.21. The Labute approximate surface area is 62.9 Å². The van der Waals surface area contributed by atoms with Crippen LogP contribution in [0.25, 0.3) is 0 Å². The number of alkyl halides is 4. The quantitative estimate of drug-likeness (QED) is 0.448. The monoisotopic (exact) mass is 170 g/mol. The predicted octanol–water partition coefficient (Wildman–Crippen LogP) is 3.24. The van der Waals surface area contributed by atoms with Crippen molar-refractivity contribution in [3.05, 3.63) is 12.7 Å². The van der Waals surface area contributed by atoms with Gasteiger partial charge in [0.1, 0.15) is 0 Å². The van der Waals surface area contributed by atoms with Crippen LogP contribution in [0.4, 0.5) is 17.6 Å². The largest absolute Gasteiger partial charge is 0.266 e. The Hall–Kier alpha value is -0.540. The number of allylic oxidation sites excluding steroid dienone is 1. The Morgan fingerprint density at radius 2 is 1.64 bits per heavy atom. The first-order chi connectivity index (χ1) is 4.77. The van der Waals surface area contributed by atoms with E-state index >= 15 is 0 Å². The van der Waals surface area contributed by atoms with Gasteiger partial charge in [-0.1, -0.05) is 6.58 Å². The number of hydrogen-bond donors (Lipinski definition) is 0. The van der Waals surface area contributed by atoms with E-state index in [1.54, 1.807) is 0 Å². The Morgan fingerprint density at radius 1 is 1.18 bits per heavy atom. The van der Waals surface area contributed by atoms with Crippen LogP contribution >= 0.6 is 0 Å². The highest BCUT2D eigenvalue weighted by Gasteiger charge is 2.30. The zero-order valence-electron chi connectivity index (χ0n) is 6.21. The Balaban J connectivity index is 3.79. The fraction of sp³-hybridized carbons (Fsp3) is 0.714. The van der Waals surface area contributed by atoms with Gasteiger partial charge in [0.15, 0.2) is 0 Å². The first-order valence-corrected chi connectivity index (χ1v) is 3.16. The van der Waals surface area contributed by atoms with Crippen molar-refractivity contribution in [3.63, 3.8) is 0 Å². The molecule has 0 fully saturated rings. The highest BCUT2D eigenvalue weighted by Crippen LogP contribution is 2.28. The van der Waals surface area contributed by atoms with Gasteiger partial charge in [0.05, 0.1) is 0 Å². The van der Waals surface area contributed by atoms with Crippen molar-refractivity contribution in [3.8, 4) is 0 Å². The minimum absolute atomic E-state index is 0.388. The lowest BCUT2D eigenvalue weighted by molar-refractivity contribution is -0.0290. The van der Waals surface area contributed by atoms with E-state index in [1.165, 1.54) is 0 Å². The van der Waals surface area contributed by atoms with Crippen molar-refractivity contribution in [2.45, 2.75) is 31.6 Å². The number of rotatable bonds is 4. The maximum absolute atomic E-state index is 12.2. The lowest BCUT2D eigenvalue weighted by Crippen LogP contribution is -2.18. The van der Waals surface area contributed by atoms with Crippen LogP contribution in [0.5, 0.6) is 0 Å². The van der Waals surface area contributed by atoms with Crippen LogP contribution in [0.1, 0.15) is 19.8 Å². The maximum atomic E-state index is 12.2. The molecule has 0 spiro atoms. The summed E-state index contributed by atoms with van der Waals surface area (Å²) in [5.74, 6) is -6.19. The molecule has 0 N–H and O–H groups in total. The molecule has 0 saturated carbocycles. The van der Waals surface area contributed by atoms with Crippen LogP contribution < -0.4 is 0 Å². The van der Waals surface area contributed by atoms with Crippen LogP contribution in [0.2, 0.25) is 0 Å². The normalized spacial score (nSPS) is 13.2. The van der Waals surface area contributed by atoms with E-state index in [2.05, 4.69) is 6.58 Å². The Morgan fingerprint density at radius 3 is 1.91 bits per heavy atom. The smallest absolute Gasteiger partial charge is 0.207 e. The van der Waals surface area contributed by atoms with Crippen molar-refractivity contribution in [1.29, 1.82) is 0 Å². The molecule has 11 heavy (non-hydrogen) atoms. The molecule has 0 aromatic heterocycles. The lowest BCUT2D eigenvalue weighted by atomic mass is 10.1. The average Bonchev–Trinajstić information content (AvgIpc) is 1.83. The molecule has 0 rings (SSSR count). The van der Waals surface area contributed by atoms with E-state index in [9.17, 15) is 17.6 Å². The topological polar surface area (TPSA) is 0 Å². The molecule has 0 saturated heterocycles. The highest BCUT2D eigenvalue weighted by molar-refractivity contribution is 4.87. The molecule has 0 aromatic carbocycles. The summed E-state index contributed by atoms with van der Waals surface area (Å²) in [7, 11) is 0. The second-order valence-corrected chi connectivity index (χ2v) is 2.54. The summed E-state index contributed by atoms with van der Waals surface area (Å²) in [4.78, 5) is 0. The summed E-state index contributed by atoms with van der Waals surface area (Å²) in [6.45, 7) is 3.46. The fourth-order valence-corrected chi connectivity index (χ4v) is 0.488. The second kappa shape index (κ2) is 3.24. The summed E-state index contributed by atoms with van der Waals surface area (Å²) in [6, 6.07) is 0. The van der Waals surface area contributed by atoms with Gasteiger partial charge in [-0.2, -0.15) is 0 Å². The van der Waals surface area contributed by atoms with Gasteiger partial charge in [-0.3, -0.25) is 0 Å². The average molecular weight is 170 g/mol. The standard InChI is InChI=1S/C7H10F4/c1-3-7(10,11)5-4-6(2,8)9/h3H,1,4-5H2,2H3. The third-order valence-corrected chi connectivity index (χ3v) is 1.20. The molecule has 0 heterocycles. The van der Waals surface area contributed by atoms with Gasteiger partial charge in [-0.15, -0.1) is 0 Å². The van der Waals surface area contributed by atoms with Gasteiger partial charge >= 0.3 is 0 Å². The maximum Gasteiger partial charge on any atom is 0.266 e. The first kappa shape index (κ1) is 10.5. The predicted molar refractivity (Wildman–Crippen MR) is 35.0 cm³/mol. The molecule has 0 aliphatic rings. The summed E-state index contributed by atoms with van der Waals surface area (Å²) in [5.41, 5.74) is 0. The molecule has 0 amide bonds.